The van der Waals surface area contributed by atoms with Gasteiger partial charge in [0.15, 0.2) is 0 Å². The van der Waals surface area contributed by atoms with Gasteiger partial charge >= 0.3 is 0 Å². The van der Waals surface area contributed by atoms with Crippen LogP contribution in [0, 0.1) is 5.82 Å². The Morgan fingerprint density at radius 1 is 1.47 bits per heavy atom. The molecule has 0 aliphatic heterocycles. The Bertz CT molecular complexity index is 526. The first-order valence-electron chi connectivity index (χ1n) is 5.20. The predicted molar refractivity (Wildman–Crippen MR) is 63.1 cm³/mol. The molecule has 2 aromatic heterocycles. The number of aromatic nitrogens is 3. The van der Waals surface area contributed by atoms with Crippen LogP contribution in [-0.4, -0.2) is 14.8 Å². The van der Waals surface area contributed by atoms with Crippen LogP contribution in [-0.2, 0) is 6.54 Å². The van der Waals surface area contributed by atoms with Crippen LogP contribution in [0.1, 0.15) is 24.2 Å². The molecule has 0 spiro atoms. The van der Waals surface area contributed by atoms with Crippen molar-refractivity contribution >= 4 is 11.6 Å². The number of hydrogen-bond donors (Lipinski definition) is 1. The summed E-state index contributed by atoms with van der Waals surface area (Å²) >= 11 is 6.03. The lowest BCUT2D eigenvalue weighted by molar-refractivity contribution is 0.591. The largest absolute Gasteiger partial charge is 0.319 e. The van der Waals surface area contributed by atoms with Crippen molar-refractivity contribution in [1.29, 1.82) is 0 Å². The van der Waals surface area contributed by atoms with E-state index in [0.29, 0.717) is 22.8 Å². The summed E-state index contributed by atoms with van der Waals surface area (Å²) in [6.07, 6.45) is 4.19. The molecule has 0 aliphatic carbocycles. The van der Waals surface area contributed by atoms with Gasteiger partial charge in [-0.15, -0.1) is 0 Å². The van der Waals surface area contributed by atoms with E-state index in [0.717, 1.165) is 6.20 Å². The molecule has 6 heteroatoms. The molecule has 4 nitrogen and oxygen atoms in total. The van der Waals surface area contributed by atoms with Crippen molar-refractivity contribution in [3.8, 4) is 0 Å². The first-order valence-corrected chi connectivity index (χ1v) is 5.58. The minimum Gasteiger partial charge on any atom is -0.319 e. The summed E-state index contributed by atoms with van der Waals surface area (Å²) in [6, 6.07) is 0.814. The summed E-state index contributed by atoms with van der Waals surface area (Å²) in [4.78, 5) is 3.77. The van der Waals surface area contributed by atoms with Crippen LogP contribution in [0.3, 0.4) is 0 Å². The zero-order chi connectivity index (χ0) is 12.4. The normalized spacial score (nSPS) is 12.7. The Labute approximate surface area is 103 Å². The first kappa shape index (κ1) is 12.0. The van der Waals surface area contributed by atoms with Crippen LogP contribution >= 0.6 is 11.6 Å². The third kappa shape index (κ3) is 2.30. The molecule has 0 amide bonds. The number of aryl methyl sites for hydroxylation is 1. The molecule has 2 N–H and O–H groups in total. The van der Waals surface area contributed by atoms with E-state index in [1.165, 1.54) is 18.5 Å². The van der Waals surface area contributed by atoms with Gasteiger partial charge in [-0.2, -0.15) is 5.10 Å². The highest BCUT2D eigenvalue weighted by Gasteiger charge is 2.18. The maximum atomic E-state index is 13.1. The summed E-state index contributed by atoms with van der Waals surface area (Å²) in [5.41, 5.74) is 7.29. The Morgan fingerprint density at radius 2 is 2.24 bits per heavy atom. The average Bonchev–Trinajstić information content (AvgIpc) is 2.69. The van der Waals surface area contributed by atoms with E-state index >= 15 is 0 Å². The molecule has 2 aromatic rings. The number of hydrogen-bond acceptors (Lipinski definition) is 3. The lowest BCUT2D eigenvalue weighted by Crippen LogP contribution is -2.18. The summed E-state index contributed by atoms with van der Waals surface area (Å²) in [6.45, 7) is 2.59. The van der Waals surface area contributed by atoms with Gasteiger partial charge in [0, 0.05) is 12.7 Å². The third-order valence-electron chi connectivity index (χ3n) is 2.51. The molecule has 0 radical (unpaired) electrons. The zero-order valence-corrected chi connectivity index (χ0v) is 10.0. The van der Waals surface area contributed by atoms with Gasteiger partial charge in [-0.1, -0.05) is 11.6 Å². The number of halogens is 2. The molecule has 1 unspecified atom stereocenters. The van der Waals surface area contributed by atoms with E-state index in [1.54, 1.807) is 4.68 Å². The highest BCUT2D eigenvalue weighted by molar-refractivity contribution is 6.31. The maximum Gasteiger partial charge on any atom is 0.141 e. The number of rotatable bonds is 3. The third-order valence-corrected chi connectivity index (χ3v) is 2.80. The Kier molecular flexibility index (Phi) is 3.40. The summed E-state index contributed by atoms with van der Waals surface area (Å²) in [5, 5.41) is 4.57. The molecule has 0 aromatic carbocycles. The van der Waals surface area contributed by atoms with Gasteiger partial charge < -0.3 is 5.73 Å². The van der Waals surface area contributed by atoms with Crippen molar-refractivity contribution in [3.05, 3.63) is 46.8 Å². The van der Waals surface area contributed by atoms with Crippen LogP contribution in [0.5, 0.6) is 0 Å². The van der Waals surface area contributed by atoms with E-state index in [9.17, 15) is 4.39 Å². The number of nitrogens with two attached hydrogens (primary N) is 1. The van der Waals surface area contributed by atoms with E-state index < -0.39 is 11.9 Å². The van der Waals surface area contributed by atoms with E-state index in [4.69, 9.17) is 17.3 Å². The smallest absolute Gasteiger partial charge is 0.141 e. The van der Waals surface area contributed by atoms with Crippen LogP contribution in [0.2, 0.25) is 5.02 Å². The fourth-order valence-corrected chi connectivity index (χ4v) is 1.95. The van der Waals surface area contributed by atoms with Crippen LogP contribution in [0.15, 0.2) is 24.7 Å². The van der Waals surface area contributed by atoms with Gasteiger partial charge in [-0.3, -0.25) is 9.67 Å². The molecule has 17 heavy (non-hydrogen) atoms. The number of pyridine rings is 1. The van der Waals surface area contributed by atoms with Gasteiger partial charge in [0.05, 0.1) is 29.2 Å². The van der Waals surface area contributed by atoms with Crippen LogP contribution < -0.4 is 5.73 Å². The van der Waals surface area contributed by atoms with E-state index in [-0.39, 0.29) is 0 Å². The lowest BCUT2D eigenvalue weighted by atomic mass is 10.1. The lowest BCUT2D eigenvalue weighted by Gasteiger charge is -2.14. The second-order valence-electron chi connectivity index (χ2n) is 3.61. The molecule has 0 aliphatic rings. The van der Waals surface area contributed by atoms with E-state index in [2.05, 4.69) is 10.1 Å². The molecule has 0 bridgehead atoms. The molecule has 1 atom stereocenters. The predicted octanol–water partition coefficient (Wildman–Crippen LogP) is 2.14. The fourth-order valence-electron chi connectivity index (χ4n) is 1.69. The topological polar surface area (TPSA) is 56.7 Å². The molecule has 2 heterocycles. The molecule has 2 rings (SSSR count). The van der Waals surface area contributed by atoms with Gasteiger partial charge in [-0.05, 0) is 18.6 Å². The zero-order valence-electron chi connectivity index (χ0n) is 9.27. The molecular weight excluding hydrogens is 243 g/mol. The Morgan fingerprint density at radius 3 is 2.88 bits per heavy atom. The minimum absolute atomic E-state index is 0.420. The van der Waals surface area contributed by atoms with Crippen LogP contribution in [0.4, 0.5) is 4.39 Å². The SMILES string of the molecule is CCn1ncc(Cl)c1C(N)c1cncc(F)c1. The van der Waals surface area contributed by atoms with Gasteiger partial charge in [0.2, 0.25) is 0 Å². The molecular formula is C11H12ClFN4. The first-order chi connectivity index (χ1) is 8.13. The van der Waals surface area contributed by atoms with E-state index in [1.807, 2.05) is 6.92 Å². The highest BCUT2D eigenvalue weighted by Crippen LogP contribution is 2.26. The second kappa shape index (κ2) is 4.81. The molecule has 0 saturated carbocycles. The summed E-state index contributed by atoms with van der Waals surface area (Å²) in [7, 11) is 0. The Hall–Kier alpha value is -1.46. The van der Waals surface area contributed by atoms with Gasteiger partial charge in [0.25, 0.3) is 0 Å². The van der Waals surface area contributed by atoms with Crippen LogP contribution in [0.25, 0.3) is 0 Å². The summed E-state index contributed by atoms with van der Waals surface area (Å²) < 4.78 is 14.8. The van der Waals surface area contributed by atoms with Gasteiger partial charge in [-0.25, -0.2) is 4.39 Å². The van der Waals surface area contributed by atoms with Crippen molar-refractivity contribution in [2.75, 3.05) is 0 Å². The van der Waals surface area contributed by atoms with Gasteiger partial charge in [0.1, 0.15) is 5.82 Å². The molecule has 0 saturated heterocycles. The quantitative estimate of drug-likeness (QED) is 0.913. The average molecular weight is 255 g/mol. The van der Waals surface area contributed by atoms with Crippen molar-refractivity contribution in [2.45, 2.75) is 19.5 Å². The second-order valence-corrected chi connectivity index (χ2v) is 4.01. The maximum absolute atomic E-state index is 13.1. The van der Waals surface area contributed by atoms with Crippen molar-refractivity contribution in [3.63, 3.8) is 0 Å². The molecule has 0 fully saturated rings. The number of nitrogens with zero attached hydrogens (tertiary/aromatic N) is 3. The fraction of sp³-hybridized carbons (Fsp3) is 0.273. The standard InChI is InChI=1S/C11H12ClFN4/c1-2-17-11(9(12)6-16-17)10(14)7-3-8(13)5-15-4-7/h3-6,10H,2,14H2,1H3. The van der Waals surface area contributed by atoms with Crippen molar-refractivity contribution in [2.24, 2.45) is 5.73 Å². The van der Waals surface area contributed by atoms with Crippen molar-refractivity contribution in [1.82, 2.24) is 14.8 Å². The monoisotopic (exact) mass is 254 g/mol. The Balaban J connectivity index is 2.43. The minimum atomic E-state index is -0.534. The highest BCUT2D eigenvalue weighted by atomic mass is 35.5. The summed E-state index contributed by atoms with van der Waals surface area (Å²) in [5.74, 6) is -0.420. The molecule has 90 valence electrons. The van der Waals surface area contributed by atoms with Crippen molar-refractivity contribution < 1.29 is 4.39 Å².